The third-order valence-electron chi connectivity index (χ3n) is 3.74. The summed E-state index contributed by atoms with van der Waals surface area (Å²) in [5.74, 6) is 0. The van der Waals surface area contributed by atoms with Crippen LogP contribution in [0.2, 0.25) is 0 Å². The molecule has 0 aliphatic heterocycles. The Kier molecular flexibility index (Phi) is 7.82. The molecule has 20 heavy (non-hydrogen) atoms. The predicted molar refractivity (Wildman–Crippen MR) is 83.8 cm³/mol. The second-order valence-corrected chi connectivity index (χ2v) is 5.36. The molecule has 3 heteroatoms. The van der Waals surface area contributed by atoms with Gasteiger partial charge in [0.05, 0.1) is 18.2 Å². The number of aliphatic hydroxyl groups excluding tert-OH is 1. The van der Waals surface area contributed by atoms with E-state index in [1.165, 1.54) is 0 Å². The molecule has 0 aliphatic rings. The summed E-state index contributed by atoms with van der Waals surface area (Å²) in [6.45, 7) is 7.90. The maximum Gasteiger partial charge on any atom is 0.0691 e. The Balaban J connectivity index is 2.69. The van der Waals surface area contributed by atoms with E-state index in [2.05, 4.69) is 38.2 Å². The van der Waals surface area contributed by atoms with Gasteiger partial charge in [0.1, 0.15) is 0 Å². The van der Waals surface area contributed by atoms with Crippen LogP contribution in [0.25, 0.3) is 0 Å². The zero-order valence-corrected chi connectivity index (χ0v) is 13.1. The van der Waals surface area contributed by atoms with Crippen molar-refractivity contribution in [2.75, 3.05) is 19.8 Å². The van der Waals surface area contributed by atoms with Crippen molar-refractivity contribution in [3.05, 3.63) is 35.9 Å². The Morgan fingerprint density at radius 2 is 1.95 bits per heavy atom. The summed E-state index contributed by atoms with van der Waals surface area (Å²) in [5.41, 5.74) is 0.721. The summed E-state index contributed by atoms with van der Waals surface area (Å²) in [6, 6.07) is 10.1. The molecule has 2 unspecified atom stereocenters. The van der Waals surface area contributed by atoms with E-state index in [0.29, 0.717) is 6.61 Å². The van der Waals surface area contributed by atoms with E-state index in [-0.39, 0.29) is 12.7 Å². The molecular weight excluding hydrogens is 250 g/mol. The van der Waals surface area contributed by atoms with Gasteiger partial charge in [-0.25, -0.2) is 0 Å². The first-order chi connectivity index (χ1) is 9.68. The topological polar surface area (TPSA) is 41.5 Å². The number of hydrogen-bond acceptors (Lipinski definition) is 3. The first kappa shape index (κ1) is 17.2. The van der Waals surface area contributed by atoms with Gasteiger partial charge in [-0.2, -0.15) is 0 Å². The van der Waals surface area contributed by atoms with Crippen LogP contribution in [0.4, 0.5) is 0 Å². The Labute approximate surface area is 123 Å². The minimum atomic E-state index is -0.401. The summed E-state index contributed by atoms with van der Waals surface area (Å²) < 4.78 is 5.86. The molecule has 0 aromatic heterocycles. The normalized spacial score (nSPS) is 15.8. The van der Waals surface area contributed by atoms with Crippen LogP contribution in [0.15, 0.2) is 30.3 Å². The number of likely N-dealkylation sites (N-methyl/N-ethyl adjacent to an activating group) is 1. The van der Waals surface area contributed by atoms with E-state index in [0.717, 1.165) is 31.4 Å². The van der Waals surface area contributed by atoms with Gasteiger partial charge < -0.3 is 15.2 Å². The van der Waals surface area contributed by atoms with Gasteiger partial charge >= 0.3 is 0 Å². The molecule has 0 amide bonds. The highest BCUT2D eigenvalue weighted by molar-refractivity contribution is 5.24. The average Bonchev–Trinajstić information content (AvgIpc) is 2.47. The molecule has 0 heterocycles. The molecule has 0 bridgehead atoms. The minimum Gasteiger partial charge on any atom is -0.394 e. The lowest BCUT2D eigenvalue weighted by Crippen LogP contribution is -2.46. The Morgan fingerprint density at radius 3 is 2.50 bits per heavy atom. The fourth-order valence-corrected chi connectivity index (χ4v) is 2.58. The van der Waals surface area contributed by atoms with Crippen LogP contribution in [0.5, 0.6) is 0 Å². The monoisotopic (exact) mass is 279 g/mol. The van der Waals surface area contributed by atoms with Gasteiger partial charge in [-0.05, 0) is 31.9 Å². The lowest BCUT2D eigenvalue weighted by Gasteiger charge is -2.34. The fourth-order valence-electron chi connectivity index (χ4n) is 2.58. The smallest absolute Gasteiger partial charge is 0.0691 e. The summed E-state index contributed by atoms with van der Waals surface area (Å²) >= 11 is 0. The van der Waals surface area contributed by atoms with E-state index in [1.807, 2.05) is 18.2 Å². The van der Waals surface area contributed by atoms with Crippen molar-refractivity contribution >= 4 is 0 Å². The highest BCUT2D eigenvalue weighted by atomic mass is 16.5. The maximum absolute atomic E-state index is 9.91. The summed E-state index contributed by atoms with van der Waals surface area (Å²) in [5, 5.41) is 13.3. The second kappa shape index (κ2) is 9.11. The third kappa shape index (κ3) is 4.89. The minimum absolute atomic E-state index is 0.0797. The van der Waals surface area contributed by atoms with Crippen molar-refractivity contribution in [3.8, 4) is 0 Å². The van der Waals surface area contributed by atoms with Crippen molar-refractivity contribution < 1.29 is 9.84 Å². The van der Waals surface area contributed by atoms with Crippen LogP contribution >= 0.6 is 0 Å². The fraction of sp³-hybridized carbons (Fsp3) is 0.647. The van der Waals surface area contributed by atoms with Gasteiger partial charge in [0, 0.05) is 6.61 Å². The number of ether oxygens (including phenoxy) is 1. The first-order valence-electron chi connectivity index (χ1n) is 7.71. The first-order valence-corrected chi connectivity index (χ1v) is 7.71. The molecule has 0 aliphatic carbocycles. The molecule has 114 valence electrons. The van der Waals surface area contributed by atoms with Crippen LogP contribution < -0.4 is 5.32 Å². The lowest BCUT2D eigenvalue weighted by atomic mass is 9.87. The van der Waals surface area contributed by atoms with Crippen molar-refractivity contribution in [1.82, 2.24) is 5.32 Å². The van der Waals surface area contributed by atoms with Gasteiger partial charge in [0.2, 0.25) is 0 Å². The lowest BCUT2D eigenvalue weighted by molar-refractivity contribution is 0.0320. The number of aliphatic hydroxyl groups is 1. The highest BCUT2D eigenvalue weighted by Crippen LogP contribution is 2.25. The van der Waals surface area contributed by atoms with Gasteiger partial charge in [0.25, 0.3) is 0 Å². The van der Waals surface area contributed by atoms with Crippen LogP contribution in [0.1, 0.15) is 45.6 Å². The standard InChI is InChI=1S/C17H29NO2/c1-4-9-15(3)20-13-12-17(14-19,18-5-2)16-10-7-6-8-11-16/h6-8,10-11,15,18-19H,4-5,9,12-14H2,1-3H3. The molecule has 0 radical (unpaired) electrons. The van der Waals surface area contributed by atoms with Crippen LogP contribution in [0.3, 0.4) is 0 Å². The van der Waals surface area contributed by atoms with Crippen molar-refractivity contribution in [2.45, 2.75) is 51.7 Å². The number of rotatable bonds is 10. The molecule has 1 rings (SSSR count). The summed E-state index contributed by atoms with van der Waals surface area (Å²) in [7, 11) is 0. The van der Waals surface area contributed by atoms with E-state index in [1.54, 1.807) is 0 Å². The maximum atomic E-state index is 9.91. The number of hydrogen-bond donors (Lipinski definition) is 2. The Morgan fingerprint density at radius 1 is 1.25 bits per heavy atom. The molecular formula is C17H29NO2. The van der Waals surface area contributed by atoms with E-state index in [4.69, 9.17) is 4.74 Å². The molecule has 1 aromatic rings. The van der Waals surface area contributed by atoms with E-state index < -0.39 is 5.54 Å². The highest BCUT2D eigenvalue weighted by Gasteiger charge is 2.30. The Hall–Kier alpha value is -0.900. The SMILES string of the molecule is CCCC(C)OCCC(CO)(NCC)c1ccccc1. The van der Waals surface area contributed by atoms with Crippen LogP contribution in [-0.4, -0.2) is 31.0 Å². The van der Waals surface area contributed by atoms with Gasteiger partial charge in [0.15, 0.2) is 0 Å². The van der Waals surface area contributed by atoms with Gasteiger partial charge in [-0.15, -0.1) is 0 Å². The zero-order valence-electron chi connectivity index (χ0n) is 13.1. The molecule has 2 N–H and O–H groups in total. The molecule has 1 aromatic carbocycles. The quantitative estimate of drug-likeness (QED) is 0.691. The molecule has 0 saturated carbocycles. The molecule has 2 atom stereocenters. The molecule has 0 fully saturated rings. The van der Waals surface area contributed by atoms with Crippen molar-refractivity contribution in [3.63, 3.8) is 0 Å². The Bertz CT molecular complexity index is 355. The van der Waals surface area contributed by atoms with Crippen molar-refractivity contribution in [1.29, 1.82) is 0 Å². The molecule has 3 nitrogen and oxygen atoms in total. The van der Waals surface area contributed by atoms with Crippen LogP contribution in [-0.2, 0) is 10.3 Å². The average molecular weight is 279 g/mol. The van der Waals surface area contributed by atoms with E-state index >= 15 is 0 Å². The van der Waals surface area contributed by atoms with E-state index in [9.17, 15) is 5.11 Å². The summed E-state index contributed by atoms with van der Waals surface area (Å²) in [6.07, 6.45) is 3.28. The predicted octanol–water partition coefficient (Wildman–Crippen LogP) is 3.08. The largest absolute Gasteiger partial charge is 0.394 e. The number of nitrogens with one attached hydrogen (secondary N) is 1. The molecule has 0 spiro atoms. The zero-order chi connectivity index (χ0) is 14.8. The summed E-state index contributed by atoms with van der Waals surface area (Å²) in [4.78, 5) is 0. The van der Waals surface area contributed by atoms with Crippen LogP contribution in [0, 0.1) is 0 Å². The second-order valence-electron chi connectivity index (χ2n) is 5.36. The number of benzene rings is 1. The third-order valence-corrected chi connectivity index (χ3v) is 3.74. The molecule has 0 saturated heterocycles. The van der Waals surface area contributed by atoms with Gasteiger partial charge in [-0.1, -0.05) is 50.6 Å². The van der Waals surface area contributed by atoms with Gasteiger partial charge in [-0.3, -0.25) is 0 Å². The van der Waals surface area contributed by atoms with Crippen molar-refractivity contribution in [2.24, 2.45) is 0 Å².